The van der Waals surface area contributed by atoms with E-state index < -0.39 is 11.9 Å². The summed E-state index contributed by atoms with van der Waals surface area (Å²) in [6.07, 6.45) is -1.21. The molecule has 2 rings (SSSR count). The molecule has 0 saturated carbocycles. The van der Waals surface area contributed by atoms with E-state index in [0.29, 0.717) is 21.5 Å². The minimum atomic E-state index is -1.21. The van der Waals surface area contributed by atoms with Crippen LogP contribution in [0.2, 0.25) is 5.02 Å². The maximum absolute atomic E-state index is 13.9. The van der Waals surface area contributed by atoms with E-state index >= 15 is 0 Å². The summed E-state index contributed by atoms with van der Waals surface area (Å²) in [6, 6.07) is 7.53. The van der Waals surface area contributed by atoms with E-state index in [2.05, 4.69) is 15.9 Å². The van der Waals surface area contributed by atoms with Gasteiger partial charge in [-0.1, -0.05) is 33.6 Å². The molecular weight excluding hydrogens is 363 g/mol. The zero-order valence-electron chi connectivity index (χ0n) is 11.4. The number of halogens is 3. The first-order valence-electron chi connectivity index (χ1n) is 6.03. The van der Waals surface area contributed by atoms with E-state index in [-0.39, 0.29) is 10.6 Å². The van der Waals surface area contributed by atoms with Gasteiger partial charge in [-0.2, -0.15) is 0 Å². The molecule has 1 unspecified atom stereocenters. The van der Waals surface area contributed by atoms with Gasteiger partial charge in [-0.05, 0) is 24.3 Å². The standard InChI is InChI=1S/C15H13BrClFO3/c1-20-12-6-4-9(13(17)15(12)21-2)14(19)10-7-8(16)3-5-11(10)18/h3-7,14,19H,1-2H3. The van der Waals surface area contributed by atoms with Crippen molar-refractivity contribution >= 4 is 27.5 Å². The minimum Gasteiger partial charge on any atom is -0.493 e. The van der Waals surface area contributed by atoms with Crippen LogP contribution in [0.15, 0.2) is 34.8 Å². The maximum atomic E-state index is 13.9. The van der Waals surface area contributed by atoms with Gasteiger partial charge in [-0.3, -0.25) is 0 Å². The molecule has 0 aliphatic heterocycles. The number of benzene rings is 2. The van der Waals surface area contributed by atoms with Gasteiger partial charge < -0.3 is 14.6 Å². The number of methoxy groups -OCH3 is 2. The van der Waals surface area contributed by atoms with Gasteiger partial charge in [0, 0.05) is 15.6 Å². The number of ether oxygens (including phenoxy) is 2. The lowest BCUT2D eigenvalue weighted by molar-refractivity contribution is 0.214. The van der Waals surface area contributed by atoms with Gasteiger partial charge in [-0.15, -0.1) is 0 Å². The SMILES string of the molecule is COc1ccc(C(O)c2cc(Br)ccc2F)c(Cl)c1OC. The monoisotopic (exact) mass is 374 g/mol. The lowest BCUT2D eigenvalue weighted by Gasteiger charge is -2.17. The summed E-state index contributed by atoms with van der Waals surface area (Å²) in [5, 5.41) is 10.6. The van der Waals surface area contributed by atoms with Crippen LogP contribution in [0.4, 0.5) is 4.39 Å². The van der Waals surface area contributed by atoms with Crippen LogP contribution in [0.1, 0.15) is 17.2 Å². The topological polar surface area (TPSA) is 38.7 Å². The maximum Gasteiger partial charge on any atom is 0.179 e. The van der Waals surface area contributed by atoms with Crippen LogP contribution in [0, 0.1) is 5.82 Å². The van der Waals surface area contributed by atoms with Gasteiger partial charge in [0.25, 0.3) is 0 Å². The van der Waals surface area contributed by atoms with E-state index in [1.807, 2.05) is 0 Å². The molecule has 1 atom stereocenters. The highest BCUT2D eigenvalue weighted by Crippen LogP contribution is 2.41. The summed E-state index contributed by atoms with van der Waals surface area (Å²) in [5.41, 5.74) is 0.463. The molecule has 0 spiro atoms. The van der Waals surface area contributed by atoms with E-state index in [1.54, 1.807) is 18.2 Å². The Kier molecular flexibility index (Phi) is 5.08. The van der Waals surface area contributed by atoms with Crippen molar-refractivity contribution in [1.82, 2.24) is 0 Å². The molecule has 0 aliphatic carbocycles. The number of rotatable bonds is 4. The fourth-order valence-electron chi connectivity index (χ4n) is 2.01. The Morgan fingerprint density at radius 3 is 2.48 bits per heavy atom. The van der Waals surface area contributed by atoms with Crippen LogP contribution >= 0.6 is 27.5 Å². The fourth-order valence-corrected chi connectivity index (χ4v) is 2.72. The molecular formula is C15H13BrClFO3. The van der Waals surface area contributed by atoms with Gasteiger partial charge in [0.05, 0.1) is 19.2 Å². The first-order chi connectivity index (χ1) is 9.99. The summed E-state index contributed by atoms with van der Waals surface area (Å²) in [5.74, 6) is 0.218. The second-order valence-corrected chi connectivity index (χ2v) is 5.57. The third-order valence-electron chi connectivity index (χ3n) is 3.06. The van der Waals surface area contributed by atoms with Crippen LogP contribution in [0.25, 0.3) is 0 Å². The molecule has 0 aromatic heterocycles. The lowest BCUT2D eigenvalue weighted by Crippen LogP contribution is -2.05. The molecule has 0 fully saturated rings. The first-order valence-corrected chi connectivity index (χ1v) is 7.20. The lowest BCUT2D eigenvalue weighted by atomic mass is 10.0. The zero-order valence-corrected chi connectivity index (χ0v) is 13.7. The molecule has 112 valence electrons. The van der Waals surface area contributed by atoms with Crippen LogP contribution in [-0.2, 0) is 0 Å². The molecule has 1 N–H and O–H groups in total. The minimum absolute atomic E-state index is 0.124. The van der Waals surface area contributed by atoms with Crippen LogP contribution < -0.4 is 9.47 Å². The predicted octanol–water partition coefficient (Wildman–Crippen LogP) is 4.34. The average molecular weight is 376 g/mol. The molecule has 21 heavy (non-hydrogen) atoms. The third kappa shape index (κ3) is 3.15. The smallest absolute Gasteiger partial charge is 0.179 e. The molecule has 0 bridgehead atoms. The number of aliphatic hydroxyl groups excluding tert-OH is 1. The number of hydrogen-bond acceptors (Lipinski definition) is 3. The summed E-state index contributed by atoms with van der Waals surface area (Å²) in [6.45, 7) is 0. The van der Waals surface area contributed by atoms with Gasteiger partial charge >= 0.3 is 0 Å². The van der Waals surface area contributed by atoms with Gasteiger partial charge in [-0.25, -0.2) is 4.39 Å². The Bertz CT molecular complexity index is 664. The summed E-state index contributed by atoms with van der Waals surface area (Å²) < 4.78 is 24.9. The molecule has 3 nitrogen and oxygen atoms in total. The second kappa shape index (κ2) is 6.64. The molecule has 0 heterocycles. The van der Waals surface area contributed by atoms with Crippen molar-refractivity contribution in [2.45, 2.75) is 6.10 Å². The van der Waals surface area contributed by atoms with E-state index in [4.69, 9.17) is 21.1 Å². The summed E-state index contributed by atoms with van der Waals surface area (Å²) in [7, 11) is 2.93. The van der Waals surface area contributed by atoms with Gasteiger partial charge in [0.1, 0.15) is 11.9 Å². The van der Waals surface area contributed by atoms with E-state index in [0.717, 1.165) is 0 Å². The van der Waals surface area contributed by atoms with Crippen LogP contribution in [-0.4, -0.2) is 19.3 Å². The van der Waals surface area contributed by atoms with Crippen molar-refractivity contribution in [3.05, 3.63) is 56.8 Å². The quantitative estimate of drug-likeness (QED) is 0.864. The Morgan fingerprint density at radius 2 is 1.86 bits per heavy atom. The van der Waals surface area contributed by atoms with Crippen molar-refractivity contribution in [2.75, 3.05) is 14.2 Å². The Morgan fingerprint density at radius 1 is 1.14 bits per heavy atom. The van der Waals surface area contributed by atoms with Crippen molar-refractivity contribution in [3.8, 4) is 11.5 Å². The summed E-state index contributed by atoms with van der Waals surface area (Å²) >= 11 is 9.48. The number of aliphatic hydroxyl groups is 1. The van der Waals surface area contributed by atoms with Crippen molar-refractivity contribution in [2.24, 2.45) is 0 Å². The highest BCUT2D eigenvalue weighted by atomic mass is 79.9. The normalized spacial score (nSPS) is 12.1. The van der Waals surface area contributed by atoms with Crippen molar-refractivity contribution < 1.29 is 19.0 Å². The highest BCUT2D eigenvalue weighted by Gasteiger charge is 2.22. The summed E-state index contributed by atoms with van der Waals surface area (Å²) in [4.78, 5) is 0. The highest BCUT2D eigenvalue weighted by molar-refractivity contribution is 9.10. The van der Waals surface area contributed by atoms with Crippen LogP contribution in [0.3, 0.4) is 0 Å². The Hall–Kier alpha value is -1.30. The molecule has 2 aromatic carbocycles. The molecule has 6 heteroatoms. The predicted molar refractivity (Wildman–Crippen MR) is 82.7 cm³/mol. The Balaban J connectivity index is 2.53. The largest absolute Gasteiger partial charge is 0.493 e. The van der Waals surface area contributed by atoms with Gasteiger partial charge in [0.15, 0.2) is 11.5 Å². The first kappa shape index (κ1) is 16.1. The molecule has 0 aliphatic rings. The number of hydrogen-bond donors (Lipinski definition) is 1. The average Bonchev–Trinajstić information content (AvgIpc) is 2.48. The molecule has 2 aromatic rings. The fraction of sp³-hybridized carbons (Fsp3) is 0.200. The molecule has 0 amide bonds. The second-order valence-electron chi connectivity index (χ2n) is 4.27. The third-order valence-corrected chi connectivity index (χ3v) is 3.95. The van der Waals surface area contributed by atoms with Crippen LogP contribution in [0.5, 0.6) is 11.5 Å². The molecule has 0 saturated heterocycles. The van der Waals surface area contributed by atoms with Crippen molar-refractivity contribution in [3.63, 3.8) is 0 Å². The van der Waals surface area contributed by atoms with Crippen molar-refractivity contribution in [1.29, 1.82) is 0 Å². The zero-order chi connectivity index (χ0) is 15.6. The Labute approximate surface area is 135 Å². The van der Waals surface area contributed by atoms with E-state index in [1.165, 1.54) is 26.4 Å². The van der Waals surface area contributed by atoms with E-state index in [9.17, 15) is 9.50 Å². The van der Waals surface area contributed by atoms with Gasteiger partial charge in [0.2, 0.25) is 0 Å². The molecule has 0 radical (unpaired) electrons.